The molecule has 45 heavy (non-hydrogen) atoms. The monoisotopic (exact) mass is 628 g/mol. The average molecular weight is 629 g/mol. The summed E-state index contributed by atoms with van der Waals surface area (Å²) in [5.74, 6) is 0.722. The van der Waals surface area contributed by atoms with Gasteiger partial charge in [-0.15, -0.1) is 5.10 Å². The molecule has 4 aromatic rings. The van der Waals surface area contributed by atoms with E-state index in [0.29, 0.717) is 52.5 Å². The molecule has 234 valence electrons. The summed E-state index contributed by atoms with van der Waals surface area (Å²) in [5.41, 5.74) is 5.22. The Bertz CT molecular complexity index is 1730. The third-order valence-corrected chi connectivity index (χ3v) is 8.58. The number of likely N-dealkylation sites (N-methyl/N-ethyl adjacent to an activating group) is 1. The number of rotatable bonds is 11. The van der Waals surface area contributed by atoms with Gasteiger partial charge in [0.15, 0.2) is 6.61 Å². The topological polar surface area (TPSA) is 101 Å². The number of hydrogen-bond acceptors (Lipinski definition) is 7. The number of aromatic nitrogens is 3. The normalized spacial score (nSPS) is 14.0. The predicted molar refractivity (Wildman–Crippen MR) is 175 cm³/mol. The summed E-state index contributed by atoms with van der Waals surface area (Å²) in [4.78, 5) is 32.8. The molecule has 2 N–H and O–H groups in total. The Morgan fingerprint density at radius 1 is 1.04 bits per heavy atom. The Labute approximate surface area is 266 Å². The number of carbonyl (C=O) groups is 2. The highest BCUT2D eigenvalue weighted by molar-refractivity contribution is 7.98. The first kappa shape index (κ1) is 31.8. The maximum Gasteiger partial charge on any atom is 0.260 e. The molecule has 0 aliphatic carbocycles. The molecule has 1 aromatic heterocycles. The highest BCUT2D eigenvalue weighted by atomic mass is 32.2. The molecule has 1 atom stereocenters. The number of hydrogen-bond donors (Lipinski definition) is 2. The molecule has 1 aliphatic rings. The van der Waals surface area contributed by atoms with Crippen molar-refractivity contribution < 1.29 is 18.7 Å². The number of amides is 2. The molecule has 3 aromatic carbocycles. The minimum Gasteiger partial charge on any atom is -0.484 e. The minimum absolute atomic E-state index is 0.0627. The van der Waals surface area contributed by atoms with E-state index in [9.17, 15) is 14.0 Å². The van der Waals surface area contributed by atoms with Gasteiger partial charge in [0.25, 0.3) is 11.8 Å². The lowest BCUT2D eigenvalue weighted by atomic mass is 9.94. The molecule has 1 unspecified atom stereocenters. The van der Waals surface area contributed by atoms with Crippen molar-refractivity contribution in [2.45, 2.75) is 51.6 Å². The van der Waals surface area contributed by atoms with E-state index in [2.05, 4.69) is 15.6 Å². The Hall–Kier alpha value is -4.64. The maximum atomic E-state index is 14.3. The third-order valence-electron chi connectivity index (χ3n) is 7.70. The van der Waals surface area contributed by atoms with Crippen LogP contribution in [0.4, 0.5) is 16.0 Å². The summed E-state index contributed by atoms with van der Waals surface area (Å²) in [6.45, 7) is 10.8. The second-order valence-corrected chi connectivity index (χ2v) is 11.7. The van der Waals surface area contributed by atoms with Crippen LogP contribution in [0.2, 0.25) is 0 Å². The van der Waals surface area contributed by atoms with Gasteiger partial charge in [-0.1, -0.05) is 59.8 Å². The van der Waals surface area contributed by atoms with Gasteiger partial charge in [0.1, 0.15) is 17.6 Å². The van der Waals surface area contributed by atoms with Crippen molar-refractivity contribution in [2.75, 3.05) is 30.3 Å². The molecule has 5 rings (SSSR count). The first-order valence-corrected chi connectivity index (χ1v) is 15.9. The van der Waals surface area contributed by atoms with Crippen LogP contribution in [0, 0.1) is 19.7 Å². The molecule has 1 aliphatic heterocycles. The van der Waals surface area contributed by atoms with Gasteiger partial charge in [0.2, 0.25) is 11.1 Å². The molecule has 0 saturated heterocycles. The second-order valence-electron chi connectivity index (χ2n) is 10.8. The molecule has 0 spiro atoms. The zero-order chi connectivity index (χ0) is 32.1. The van der Waals surface area contributed by atoms with Crippen LogP contribution < -0.4 is 15.4 Å². The van der Waals surface area contributed by atoms with Gasteiger partial charge in [0.05, 0.1) is 5.57 Å². The van der Waals surface area contributed by atoms with Crippen molar-refractivity contribution in [3.8, 4) is 5.75 Å². The van der Waals surface area contributed by atoms with Crippen LogP contribution in [-0.4, -0.2) is 51.2 Å². The summed E-state index contributed by atoms with van der Waals surface area (Å²) in [6.07, 6.45) is 0. The summed E-state index contributed by atoms with van der Waals surface area (Å²) >= 11 is 1.31. The Balaban J connectivity index is 1.45. The summed E-state index contributed by atoms with van der Waals surface area (Å²) in [6, 6.07) is 19.2. The quantitative estimate of drug-likeness (QED) is 0.183. The zero-order valence-corrected chi connectivity index (χ0v) is 26.9. The number of carbonyl (C=O) groups excluding carboxylic acids is 2. The van der Waals surface area contributed by atoms with Crippen LogP contribution in [0.15, 0.2) is 83.2 Å². The van der Waals surface area contributed by atoms with E-state index in [-0.39, 0.29) is 24.2 Å². The van der Waals surface area contributed by atoms with Gasteiger partial charge in [-0.25, -0.2) is 9.07 Å². The van der Waals surface area contributed by atoms with Gasteiger partial charge in [0, 0.05) is 30.2 Å². The second kappa shape index (κ2) is 14.0. The van der Waals surface area contributed by atoms with Gasteiger partial charge in [-0.05, 0) is 75.6 Å². The summed E-state index contributed by atoms with van der Waals surface area (Å²) < 4.78 is 21.8. The Morgan fingerprint density at radius 2 is 1.78 bits per heavy atom. The highest BCUT2D eigenvalue weighted by Crippen LogP contribution is 2.38. The van der Waals surface area contributed by atoms with E-state index in [1.807, 2.05) is 65.0 Å². The van der Waals surface area contributed by atoms with Crippen molar-refractivity contribution in [3.05, 3.63) is 106 Å². The van der Waals surface area contributed by atoms with Crippen LogP contribution in [0.5, 0.6) is 5.75 Å². The standard InChI is InChI=1S/C34H37FN6O3S/c1-6-40(7-2)29(42)19-44-26-15-13-24(14-16-26)31-30(32(43)37-28-17-12-21(3)18-22(28)4)23(5)36-33-38-34(39-41(31)33)45-20-25-10-8-9-11-27(25)35/h8-18,31H,6-7,19-20H2,1-5H3,(H,37,43)(H,36,38,39). The average Bonchev–Trinajstić information content (AvgIpc) is 3.43. The van der Waals surface area contributed by atoms with Crippen LogP contribution in [-0.2, 0) is 15.3 Å². The van der Waals surface area contributed by atoms with Crippen molar-refractivity contribution in [1.82, 2.24) is 19.7 Å². The highest BCUT2D eigenvalue weighted by Gasteiger charge is 2.34. The summed E-state index contributed by atoms with van der Waals surface area (Å²) in [5, 5.41) is 11.5. The fourth-order valence-corrected chi connectivity index (χ4v) is 6.07. The predicted octanol–water partition coefficient (Wildman–Crippen LogP) is 6.50. The smallest absolute Gasteiger partial charge is 0.260 e. The van der Waals surface area contributed by atoms with Gasteiger partial charge < -0.3 is 20.3 Å². The van der Waals surface area contributed by atoms with Crippen LogP contribution in [0.25, 0.3) is 0 Å². The number of halogens is 1. The molecular weight excluding hydrogens is 591 g/mol. The molecular formula is C34H37FN6O3S. The number of aryl methyl sites for hydroxylation is 2. The number of nitrogens with one attached hydrogen (secondary N) is 2. The lowest BCUT2D eigenvalue weighted by molar-refractivity contribution is -0.133. The lowest BCUT2D eigenvalue weighted by Gasteiger charge is -2.29. The lowest BCUT2D eigenvalue weighted by Crippen LogP contribution is -2.34. The molecule has 0 radical (unpaired) electrons. The fraction of sp³-hybridized carbons (Fsp3) is 0.294. The maximum absolute atomic E-state index is 14.3. The van der Waals surface area contributed by atoms with E-state index >= 15 is 0 Å². The SMILES string of the molecule is CCN(CC)C(=O)COc1ccc(C2C(C(=O)Nc3ccc(C)cc3C)=C(C)Nc3nc(SCc4ccccc4F)nn32)cc1. The molecule has 2 heterocycles. The number of nitrogens with zero attached hydrogens (tertiary/aromatic N) is 4. The molecule has 9 nitrogen and oxygen atoms in total. The number of allylic oxidation sites excluding steroid dienone is 1. The van der Waals surface area contributed by atoms with Crippen molar-refractivity contribution in [3.63, 3.8) is 0 Å². The van der Waals surface area contributed by atoms with E-state index in [1.54, 1.807) is 39.9 Å². The van der Waals surface area contributed by atoms with Crippen LogP contribution >= 0.6 is 11.8 Å². The number of thioether (sulfide) groups is 1. The van der Waals surface area contributed by atoms with Crippen molar-refractivity contribution in [2.24, 2.45) is 0 Å². The Kier molecular flexibility index (Phi) is 9.87. The van der Waals surface area contributed by atoms with Gasteiger partial charge >= 0.3 is 0 Å². The van der Waals surface area contributed by atoms with Gasteiger partial charge in [-0.3, -0.25) is 9.59 Å². The molecule has 11 heteroatoms. The van der Waals surface area contributed by atoms with Gasteiger partial charge in [-0.2, -0.15) is 4.98 Å². The molecule has 0 saturated carbocycles. The van der Waals surface area contributed by atoms with Crippen molar-refractivity contribution in [1.29, 1.82) is 0 Å². The Morgan fingerprint density at radius 3 is 2.47 bits per heavy atom. The summed E-state index contributed by atoms with van der Waals surface area (Å²) in [7, 11) is 0. The molecule has 0 fully saturated rings. The molecule has 0 bridgehead atoms. The first-order valence-electron chi connectivity index (χ1n) is 14.9. The number of anilines is 2. The number of ether oxygens (including phenoxy) is 1. The van der Waals surface area contributed by atoms with E-state index in [4.69, 9.17) is 9.84 Å². The van der Waals surface area contributed by atoms with E-state index in [0.717, 1.165) is 22.4 Å². The van der Waals surface area contributed by atoms with E-state index in [1.165, 1.54) is 17.8 Å². The van der Waals surface area contributed by atoms with Crippen molar-refractivity contribution >= 4 is 35.2 Å². The zero-order valence-electron chi connectivity index (χ0n) is 26.1. The largest absolute Gasteiger partial charge is 0.484 e. The van der Waals surface area contributed by atoms with Crippen LogP contribution in [0.1, 0.15) is 49.1 Å². The first-order chi connectivity index (χ1) is 21.7. The fourth-order valence-electron chi connectivity index (χ4n) is 5.26. The van der Waals surface area contributed by atoms with E-state index < -0.39 is 6.04 Å². The molecule has 2 amide bonds. The van der Waals surface area contributed by atoms with Crippen LogP contribution in [0.3, 0.4) is 0 Å². The number of benzene rings is 3. The number of fused-ring (bicyclic) bond motifs is 1. The third kappa shape index (κ3) is 7.20. The minimum atomic E-state index is -0.617.